The lowest BCUT2D eigenvalue weighted by atomic mass is 10.3. The number of carbonyl (C=O) groups is 1. The molecular weight excluding hydrogens is 224 g/mol. The Kier molecular flexibility index (Phi) is 2.55. The van der Waals surface area contributed by atoms with E-state index < -0.39 is 5.97 Å². The van der Waals surface area contributed by atoms with E-state index in [1.54, 1.807) is 6.07 Å². The molecule has 1 aliphatic rings. The maximum Gasteiger partial charge on any atom is 0.352 e. The third kappa shape index (κ3) is 1.92. The number of carbonyl (C=O) groups excluding carboxylic acids is 1. The van der Waals surface area contributed by atoms with E-state index in [9.17, 15) is 4.79 Å². The fourth-order valence-corrected chi connectivity index (χ4v) is 1.31. The number of hydrogen-bond acceptors (Lipinski definition) is 5. The highest BCUT2D eigenvalue weighted by Gasteiger charge is 2.23. The van der Waals surface area contributed by atoms with Gasteiger partial charge in [-0.25, -0.2) is 4.79 Å². The summed E-state index contributed by atoms with van der Waals surface area (Å²) >= 11 is 5.84. The van der Waals surface area contributed by atoms with E-state index in [0.29, 0.717) is 16.5 Å². The predicted octanol–water partition coefficient (Wildman–Crippen LogP) is 1.93. The van der Waals surface area contributed by atoms with Crippen molar-refractivity contribution >= 4 is 17.6 Å². The molecule has 1 heterocycles. The minimum atomic E-state index is -0.558. The van der Waals surface area contributed by atoms with Crippen LogP contribution in [0.15, 0.2) is 12.1 Å². The first-order valence-electron chi connectivity index (χ1n) is 4.11. The van der Waals surface area contributed by atoms with Crippen LogP contribution in [0.4, 0.5) is 0 Å². The summed E-state index contributed by atoms with van der Waals surface area (Å²) in [5, 5.41) is 0.415. The van der Waals surface area contributed by atoms with Crippen LogP contribution in [-0.4, -0.2) is 12.8 Å². The second kappa shape index (κ2) is 3.86. The van der Waals surface area contributed by atoms with Crippen LogP contribution in [0, 0.1) is 0 Å². The van der Waals surface area contributed by atoms with Crippen molar-refractivity contribution in [2.45, 2.75) is 6.92 Å². The highest BCUT2D eigenvalue weighted by atomic mass is 35.5. The number of halogens is 1. The van der Waals surface area contributed by atoms with Gasteiger partial charge >= 0.3 is 5.97 Å². The van der Waals surface area contributed by atoms with Crippen molar-refractivity contribution < 1.29 is 24.0 Å². The van der Waals surface area contributed by atoms with Crippen molar-refractivity contribution in [2.24, 2.45) is 0 Å². The summed E-state index contributed by atoms with van der Waals surface area (Å²) in [5.41, 5.74) is 0. The summed E-state index contributed by atoms with van der Waals surface area (Å²) in [4.78, 5) is 19.7. The highest BCUT2D eigenvalue weighted by molar-refractivity contribution is 6.32. The quantitative estimate of drug-likeness (QED) is 0.574. The van der Waals surface area contributed by atoms with E-state index in [1.165, 1.54) is 13.0 Å². The third-order valence-electron chi connectivity index (χ3n) is 1.68. The molecular formula is C9H7ClO5. The monoisotopic (exact) mass is 230 g/mol. The summed E-state index contributed by atoms with van der Waals surface area (Å²) in [6.07, 6.45) is 0. The van der Waals surface area contributed by atoms with E-state index in [-0.39, 0.29) is 12.5 Å². The Morgan fingerprint density at radius 3 is 2.87 bits per heavy atom. The lowest BCUT2D eigenvalue weighted by Gasteiger charge is -2.05. The zero-order valence-corrected chi connectivity index (χ0v) is 8.54. The summed E-state index contributed by atoms with van der Waals surface area (Å²) < 4.78 is 10.2. The normalized spacial score (nSPS) is 12.4. The van der Waals surface area contributed by atoms with Gasteiger partial charge in [-0.3, -0.25) is 9.78 Å². The molecule has 6 heteroatoms. The van der Waals surface area contributed by atoms with Gasteiger partial charge in [-0.15, -0.1) is 0 Å². The largest absolute Gasteiger partial charge is 0.452 e. The van der Waals surface area contributed by atoms with Gasteiger partial charge in [-0.2, -0.15) is 0 Å². The Hall–Kier alpha value is -1.62. The lowest BCUT2D eigenvalue weighted by Crippen LogP contribution is -2.03. The molecule has 0 atom stereocenters. The van der Waals surface area contributed by atoms with Crippen LogP contribution in [0.1, 0.15) is 6.92 Å². The molecule has 0 saturated heterocycles. The van der Waals surface area contributed by atoms with E-state index in [4.69, 9.17) is 26.0 Å². The van der Waals surface area contributed by atoms with Gasteiger partial charge in [0, 0.05) is 6.92 Å². The van der Waals surface area contributed by atoms with E-state index >= 15 is 0 Å². The molecule has 0 unspecified atom stereocenters. The van der Waals surface area contributed by atoms with Crippen molar-refractivity contribution in [1.82, 2.24) is 0 Å². The van der Waals surface area contributed by atoms with Crippen LogP contribution in [0.2, 0.25) is 5.02 Å². The number of rotatable bonds is 2. The number of fused-ring (bicyclic) bond motifs is 1. The van der Waals surface area contributed by atoms with E-state index in [0.717, 1.165) is 0 Å². The third-order valence-corrected chi connectivity index (χ3v) is 1.98. The van der Waals surface area contributed by atoms with Crippen LogP contribution in [0.3, 0.4) is 0 Å². The zero-order chi connectivity index (χ0) is 10.8. The van der Waals surface area contributed by atoms with E-state index in [2.05, 4.69) is 4.89 Å². The minimum absolute atomic E-state index is 0.0650. The Bertz CT molecular complexity index is 404. The van der Waals surface area contributed by atoms with Crippen molar-refractivity contribution in [2.75, 3.05) is 6.79 Å². The summed E-state index contributed by atoms with van der Waals surface area (Å²) in [7, 11) is 0. The topological polar surface area (TPSA) is 54.0 Å². The fourth-order valence-electron chi connectivity index (χ4n) is 1.11. The molecule has 0 spiro atoms. The molecule has 0 amide bonds. The number of hydrogen-bond donors (Lipinski definition) is 0. The second-order valence-corrected chi connectivity index (χ2v) is 3.18. The van der Waals surface area contributed by atoms with Crippen molar-refractivity contribution in [3.8, 4) is 17.2 Å². The number of ether oxygens (including phenoxy) is 2. The lowest BCUT2D eigenvalue weighted by molar-refractivity contribution is -0.211. The second-order valence-electron chi connectivity index (χ2n) is 2.77. The SMILES string of the molecule is CC(=O)OOc1ccc(Cl)c2c1OCO2. The Labute approximate surface area is 90.4 Å². The molecule has 0 aliphatic carbocycles. The Balaban J connectivity index is 2.25. The van der Waals surface area contributed by atoms with Crippen molar-refractivity contribution in [1.29, 1.82) is 0 Å². The average molecular weight is 231 g/mol. The van der Waals surface area contributed by atoms with Crippen LogP contribution in [0.25, 0.3) is 0 Å². The maximum atomic E-state index is 10.5. The molecule has 1 aliphatic heterocycles. The smallest absolute Gasteiger partial charge is 0.352 e. The van der Waals surface area contributed by atoms with Crippen molar-refractivity contribution in [3.63, 3.8) is 0 Å². The highest BCUT2D eigenvalue weighted by Crippen LogP contribution is 2.45. The van der Waals surface area contributed by atoms with Crippen LogP contribution < -0.4 is 14.4 Å². The molecule has 0 saturated carbocycles. The molecule has 0 aromatic heterocycles. The van der Waals surface area contributed by atoms with Crippen LogP contribution in [0.5, 0.6) is 17.2 Å². The Morgan fingerprint density at radius 1 is 1.40 bits per heavy atom. The predicted molar refractivity (Wildman–Crippen MR) is 50.0 cm³/mol. The summed E-state index contributed by atoms with van der Waals surface area (Å²) in [6, 6.07) is 3.09. The maximum absolute atomic E-state index is 10.5. The van der Waals surface area contributed by atoms with E-state index in [1.807, 2.05) is 0 Å². The van der Waals surface area contributed by atoms with Crippen LogP contribution >= 0.6 is 11.6 Å². The summed E-state index contributed by atoms with van der Waals surface area (Å²) in [6.45, 7) is 1.29. The number of benzene rings is 1. The van der Waals surface area contributed by atoms with Crippen molar-refractivity contribution in [3.05, 3.63) is 17.2 Å². The fraction of sp³-hybridized carbons (Fsp3) is 0.222. The first kappa shape index (κ1) is 9.92. The van der Waals surface area contributed by atoms with Gasteiger partial charge in [0.2, 0.25) is 18.3 Å². The molecule has 1 aromatic carbocycles. The molecule has 2 rings (SSSR count). The molecule has 15 heavy (non-hydrogen) atoms. The zero-order valence-electron chi connectivity index (χ0n) is 7.78. The van der Waals surface area contributed by atoms with Gasteiger partial charge in [0.1, 0.15) is 0 Å². The molecule has 0 N–H and O–H groups in total. The molecule has 0 fully saturated rings. The average Bonchev–Trinajstić information content (AvgIpc) is 2.66. The first-order valence-corrected chi connectivity index (χ1v) is 4.49. The minimum Gasteiger partial charge on any atom is -0.452 e. The molecule has 5 nitrogen and oxygen atoms in total. The molecule has 0 bridgehead atoms. The molecule has 0 radical (unpaired) electrons. The Morgan fingerprint density at radius 2 is 2.13 bits per heavy atom. The van der Waals surface area contributed by atoms with Gasteiger partial charge in [-0.1, -0.05) is 11.6 Å². The van der Waals surface area contributed by atoms with Gasteiger partial charge in [-0.05, 0) is 12.1 Å². The first-order chi connectivity index (χ1) is 7.18. The van der Waals surface area contributed by atoms with Gasteiger partial charge < -0.3 is 9.47 Å². The van der Waals surface area contributed by atoms with Gasteiger partial charge in [0.05, 0.1) is 5.02 Å². The molecule has 80 valence electrons. The van der Waals surface area contributed by atoms with Crippen LogP contribution in [-0.2, 0) is 9.68 Å². The standard InChI is InChI=1S/C9H7ClO5/c1-5(11)14-15-7-3-2-6(10)8-9(7)13-4-12-8/h2-3H,4H2,1H3. The van der Waals surface area contributed by atoms with Gasteiger partial charge in [0.25, 0.3) is 0 Å². The van der Waals surface area contributed by atoms with Gasteiger partial charge in [0.15, 0.2) is 5.75 Å². The summed E-state index contributed by atoms with van der Waals surface area (Å²) in [5.74, 6) is 0.421. The molecule has 1 aromatic rings.